The summed E-state index contributed by atoms with van der Waals surface area (Å²) in [5.41, 5.74) is 15.7. The zero-order valence-corrected chi connectivity index (χ0v) is 35.8. The average Bonchev–Trinajstić information content (AvgIpc) is 4.06. The van der Waals surface area contributed by atoms with Crippen molar-refractivity contribution in [3.05, 3.63) is 259 Å². The topological polar surface area (TPSA) is 29.5 Å². The summed E-state index contributed by atoms with van der Waals surface area (Å²) in [6, 6.07) is 85.7. The average molecular weight is 842 g/mol. The molecule has 0 N–H and O–H groups in total. The van der Waals surface area contributed by atoms with E-state index in [2.05, 4.69) is 241 Å². The second kappa shape index (κ2) is 14.2. The highest BCUT2D eigenvalue weighted by molar-refractivity contribution is 6.18. The minimum atomic E-state index is -0.550. The zero-order valence-electron chi connectivity index (χ0n) is 35.8. The molecule has 14 rings (SSSR count). The van der Waals surface area contributed by atoms with Gasteiger partial charge in [-0.05, 0) is 98.2 Å². The molecule has 0 amide bonds. The maximum Gasteiger partial charge on any atom is 0.159 e. The SMILES string of the molecule is c1ccc(C2(c3ccccc3)c3ccccc3-c3c(N(c4ccc(-c5ccc6c(c5)oc5c7ccccc7ccc65)cc4)c4cccc5c4oc4c6ccccc6ccc54)cccc32)cc1. The molecule has 0 fully saturated rings. The van der Waals surface area contributed by atoms with Crippen LogP contribution in [-0.4, -0.2) is 0 Å². The molecule has 0 unspecified atom stereocenters. The Balaban J connectivity index is 1.00. The third-order valence-corrected chi connectivity index (χ3v) is 14.1. The van der Waals surface area contributed by atoms with Gasteiger partial charge in [-0.25, -0.2) is 0 Å². The van der Waals surface area contributed by atoms with Crippen LogP contribution in [0.3, 0.4) is 0 Å². The highest BCUT2D eigenvalue weighted by Gasteiger charge is 2.47. The normalized spacial score (nSPS) is 13.0. The molecule has 0 saturated heterocycles. The van der Waals surface area contributed by atoms with Gasteiger partial charge in [-0.1, -0.05) is 188 Å². The van der Waals surface area contributed by atoms with E-state index >= 15 is 0 Å². The Bertz CT molecular complexity index is 4010. The lowest BCUT2D eigenvalue weighted by Crippen LogP contribution is -2.28. The van der Waals surface area contributed by atoms with Crippen LogP contribution in [0.1, 0.15) is 22.3 Å². The summed E-state index contributed by atoms with van der Waals surface area (Å²) < 4.78 is 13.8. The van der Waals surface area contributed by atoms with Gasteiger partial charge in [0.15, 0.2) is 5.58 Å². The summed E-state index contributed by atoms with van der Waals surface area (Å²) in [6.07, 6.45) is 0. The van der Waals surface area contributed by atoms with Crippen LogP contribution in [0.5, 0.6) is 0 Å². The maximum atomic E-state index is 7.12. The number of anilines is 3. The molecule has 3 heteroatoms. The van der Waals surface area contributed by atoms with Gasteiger partial charge in [0.2, 0.25) is 0 Å². The van der Waals surface area contributed by atoms with Gasteiger partial charge in [-0.2, -0.15) is 0 Å². The van der Waals surface area contributed by atoms with Gasteiger partial charge in [-0.15, -0.1) is 0 Å². The van der Waals surface area contributed by atoms with E-state index in [-0.39, 0.29) is 0 Å². The largest absolute Gasteiger partial charge is 0.455 e. The third-order valence-electron chi connectivity index (χ3n) is 14.1. The number of furan rings is 2. The summed E-state index contributed by atoms with van der Waals surface area (Å²) in [5, 5.41) is 9.00. The van der Waals surface area contributed by atoms with Crippen LogP contribution in [0.4, 0.5) is 17.1 Å². The van der Waals surface area contributed by atoms with Crippen LogP contribution in [-0.2, 0) is 5.41 Å². The molecule has 1 aliphatic rings. The van der Waals surface area contributed by atoms with Crippen molar-refractivity contribution in [2.45, 2.75) is 5.41 Å². The number of fused-ring (bicyclic) bond motifs is 13. The van der Waals surface area contributed by atoms with Crippen molar-refractivity contribution in [1.29, 1.82) is 0 Å². The van der Waals surface area contributed by atoms with Crippen LogP contribution in [0.2, 0.25) is 0 Å². The second-order valence-electron chi connectivity index (χ2n) is 17.5. The van der Waals surface area contributed by atoms with Crippen LogP contribution in [0.25, 0.3) is 87.7 Å². The molecule has 308 valence electrons. The highest BCUT2D eigenvalue weighted by Crippen LogP contribution is 2.60. The number of nitrogens with zero attached hydrogens (tertiary/aromatic N) is 1. The Morgan fingerprint density at radius 1 is 0.333 bits per heavy atom. The van der Waals surface area contributed by atoms with E-state index in [1.165, 1.54) is 38.8 Å². The first-order valence-corrected chi connectivity index (χ1v) is 22.7. The Labute approximate surface area is 381 Å². The van der Waals surface area contributed by atoms with Gasteiger partial charge >= 0.3 is 0 Å². The van der Waals surface area contributed by atoms with E-state index in [0.29, 0.717) is 0 Å². The Kier molecular flexibility index (Phi) is 7.90. The Morgan fingerprint density at radius 3 is 1.59 bits per heavy atom. The molecule has 0 radical (unpaired) electrons. The first-order chi connectivity index (χ1) is 32.7. The van der Waals surface area contributed by atoms with Crippen molar-refractivity contribution in [1.82, 2.24) is 0 Å². The van der Waals surface area contributed by atoms with Crippen LogP contribution in [0, 0.1) is 0 Å². The molecule has 0 aliphatic heterocycles. The minimum Gasteiger partial charge on any atom is -0.455 e. The number of benzene rings is 11. The lowest BCUT2D eigenvalue weighted by molar-refractivity contribution is 0.672. The van der Waals surface area contributed by atoms with E-state index in [1.54, 1.807) is 0 Å². The molecule has 1 aliphatic carbocycles. The standard InChI is InChI=1S/C63H39NO2/c1-3-17-44(18-4-1)63(45-19-5-2-6-20-45)54-25-12-11-23-53(54)59-55(63)26-14-27-56(59)64(57-28-13-24-50-52-38-32-42-16-8-10-22-48(42)61(52)66-62(50)57)46-34-29-40(30-35-46)43-33-36-49-51-37-31-41-15-7-9-21-47(41)60(51)65-58(49)39-43/h1-39H. The van der Waals surface area contributed by atoms with E-state index in [0.717, 1.165) is 88.2 Å². The molecule has 11 aromatic carbocycles. The van der Waals surface area contributed by atoms with Crippen molar-refractivity contribution >= 4 is 82.5 Å². The first-order valence-electron chi connectivity index (χ1n) is 22.7. The molecular weight excluding hydrogens is 803 g/mol. The summed E-state index contributed by atoms with van der Waals surface area (Å²) >= 11 is 0. The summed E-state index contributed by atoms with van der Waals surface area (Å²) in [7, 11) is 0. The maximum absolute atomic E-state index is 7.12. The van der Waals surface area contributed by atoms with Crippen molar-refractivity contribution in [3.8, 4) is 22.3 Å². The van der Waals surface area contributed by atoms with Crippen LogP contribution in [0.15, 0.2) is 245 Å². The van der Waals surface area contributed by atoms with Gasteiger partial charge in [0.05, 0.1) is 16.8 Å². The van der Waals surface area contributed by atoms with E-state index in [9.17, 15) is 0 Å². The monoisotopic (exact) mass is 841 g/mol. The molecule has 2 aromatic heterocycles. The number of para-hydroxylation sites is 1. The first kappa shape index (κ1) is 36.8. The Hall–Kier alpha value is -8.66. The molecule has 2 heterocycles. The Morgan fingerprint density at radius 2 is 0.864 bits per heavy atom. The highest BCUT2D eigenvalue weighted by atomic mass is 16.3. The van der Waals surface area contributed by atoms with Gasteiger partial charge in [-0.3, -0.25) is 0 Å². The predicted octanol–water partition coefficient (Wildman–Crippen LogP) is 17.3. The lowest BCUT2D eigenvalue weighted by atomic mass is 9.68. The van der Waals surface area contributed by atoms with Gasteiger partial charge in [0.25, 0.3) is 0 Å². The number of hydrogen-bond donors (Lipinski definition) is 0. The van der Waals surface area contributed by atoms with Crippen molar-refractivity contribution in [2.24, 2.45) is 0 Å². The number of hydrogen-bond acceptors (Lipinski definition) is 3. The summed E-state index contributed by atoms with van der Waals surface area (Å²) in [4.78, 5) is 2.42. The summed E-state index contributed by atoms with van der Waals surface area (Å²) in [6.45, 7) is 0. The van der Waals surface area contributed by atoms with Gasteiger partial charge in [0.1, 0.15) is 16.7 Å². The third kappa shape index (κ3) is 5.20. The van der Waals surface area contributed by atoms with Crippen molar-refractivity contribution in [3.63, 3.8) is 0 Å². The van der Waals surface area contributed by atoms with Crippen LogP contribution >= 0.6 is 0 Å². The molecule has 13 aromatic rings. The molecule has 66 heavy (non-hydrogen) atoms. The van der Waals surface area contributed by atoms with E-state index < -0.39 is 5.41 Å². The summed E-state index contributed by atoms with van der Waals surface area (Å²) in [5.74, 6) is 0. The molecule has 0 saturated carbocycles. The molecule has 3 nitrogen and oxygen atoms in total. The predicted molar refractivity (Wildman–Crippen MR) is 273 cm³/mol. The smallest absolute Gasteiger partial charge is 0.159 e. The second-order valence-corrected chi connectivity index (χ2v) is 17.5. The minimum absolute atomic E-state index is 0.550. The van der Waals surface area contributed by atoms with Gasteiger partial charge in [0, 0.05) is 43.6 Å². The zero-order chi connectivity index (χ0) is 43.3. The fraction of sp³-hybridized carbons (Fsp3) is 0.0159. The van der Waals surface area contributed by atoms with Gasteiger partial charge < -0.3 is 13.7 Å². The molecular formula is C63H39NO2. The fourth-order valence-electron chi connectivity index (χ4n) is 11.2. The van der Waals surface area contributed by atoms with E-state index in [4.69, 9.17) is 8.83 Å². The molecule has 0 atom stereocenters. The lowest BCUT2D eigenvalue weighted by Gasteiger charge is -2.34. The van der Waals surface area contributed by atoms with Crippen molar-refractivity contribution in [2.75, 3.05) is 4.90 Å². The van der Waals surface area contributed by atoms with Crippen molar-refractivity contribution < 1.29 is 8.83 Å². The van der Waals surface area contributed by atoms with Crippen LogP contribution < -0.4 is 4.90 Å². The van der Waals surface area contributed by atoms with E-state index in [1.807, 2.05) is 0 Å². The molecule has 0 bridgehead atoms. The fourth-order valence-corrected chi connectivity index (χ4v) is 11.2. The molecule has 0 spiro atoms. The quantitative estimate of drug-likeness (QED) is 0.167. The number of rotatable bonds is 6.